The predicted molar refractivity (Wildman–Crippen MR) is 90.9 cm³/mol. The van der Waals surface area contributed by atoms with Gasteiger partial charge in [-0.25, -0.2) is 0 Å². The van der Waals surface area contributed by atoms with Gasteiger partial charge in [0, 0.05) is 29.6 Å². The zero-order valence-electron chi connectivity index (χ0n) is 13.0. The van der Waals surface area contributed by atoms with E-state index in [9.17, 15) is 4.79 Å². The SMILES string of the molecule is CNCc1cc(C(=O)NC)ccc1Oc1ccc(SC)cc1. The molecule has 2 aromatic rings. The maximum Gasteiger partial charge on any atom is 0.251 e. The highest BCUT2D eigenvalue weighted by molar-refractivity contribution is 7.98. The molecule has 0 fully saturated rings. The lowest BCUT2D eigenvalue weighted by Gasteiger charge is -2.13. The van der Waals surface area contributed by atoms with Crippen LogP contribution < -0.4 is 15.4 Å². The average Bonchev–Trinajstić information content (AvgIpc) is 2.56. The van der Waals surface area contributed by atoms with Gasteiger partial charge in [0.15, 0.2) is 0 Å². The van der Waals surface area contributed by atoms with E-state index in [1.807, 2.05) is 49.7 Å². The topological polar surface area (TPSA) is 50.4 Å². The van der Waals surface area contributed by atoms with E-state index in [1.165, 1.54) is 4.90 Å². The highest BCUT2D eigenvalue weighted by Crippen LogP contribution is 2.28. The van der Waals surface area contributed by atoms with Gasteiger partial charge in [-0.3, -0.25) is 4.79 Å². The number of thioether (sulfide) groups is 1. The van der Waals surface area contributed by atoms with Crippen LogP contribution in [0.25, 0.3) is 0 Å². The third-order valence-electron chi connectivity index (χ3n) is 3.20. The minimum atomic E-state index is -0.103. The molecule has 0 heterocycles. The van der Waals surface area contributed by atoms with Crippen LogP contribution in [0.3, 0.4) is 0 Å². The molecular weight excluding hydrogens is 296 g/mol. The number of nitrogens with one attached hydrogen (secondary N) is 2. The van der Waals surface area contributed by atoms with Crippen LogP contribution in [0.2, 0.25) is 0 Å². The lowest BCUT2D eigenvalue weighted by Crippen LogP contribution is -2.18. The molecule has 0 saturated carbocycles. The van der Waals surface area contributed by atoms with Crippen molar-refractivity contribution in [3.8, 4) is 11.5 Å². The van der Waals surface area contributed by atoms with Gasteiger partial charge >= 0.3 is 0 Å². The number of carbonyl (C=O) groups is 1. The van der Waals surface area contributed by atoms with E-state index in [0.717, 1.165) is 17.1 Å². The molecule has 0 radical (unpaired) electrons. The largest absolute Gasteiger partial charge is 0.457 e. The van der Waals surface area contributed by atoms with Crippen molar-refractivity contribution >= 4 is 17.7 Å². The number of rotatable bonds is 6. The molecule has 0 aliphatic heterocycles. The Kier molecular flexibility index (Phi) is 5.86. The standard InChI is InChI=1S/C17H20N2O2S/c1-18-11-13-10-12(17(20)19-2)4-9-16(13)21-14-5-7-15(22-3)8-6-14/h4-10,18H,11H2,1-3H3,(H,19,20). The number of amides is 1. The Labute approximate surface area is 135 Å². The van der Waals surface area contributed by atoms with Crippen LogP contribution in [0.4, 0.5) is 0 Å². The summed E-state index contributed by atoms with van der Waals surface area (Å²) in [7, 11) is 3.49. The first-order chi connectivity index (χ1) is 10.7. The van der Waals surface area contributed by atoms with Crippen molar-refractivity contribution in [3.05, 3.63) is 53.6 Å². The van der Waals surface area contributed by atoms with Gasteiger partial charge < -0.3 is 15.4 Å². The second kappa shape index (κ2) is 7.87. The number of hydrogen-bond acceptors (Lipinski definition) is 4. The van der Waals surface area contributed by atoms with Gasteiger partial charge in [0.2, 0.25) is 0 Å². The third kappa shape index (κ3) is 4.02. The molecule has 0 atom stereocenters. The highest BCUT2D eigenvalue weighted by atomic mass is 32.2. The molecule has 2 N–H and O–H groups in total. The van der Waals surface area contributed by atoms with Gasteiger partial charge in [-0.05, 0) is 55.8 Å². The number of hydrogen-bond donors (Lipinski definition) is 2. The molecule has 116 valence electrons. The van der Waals surface area contributed by atoms with Crippen molar-refractivity contribution in [1.82, 2.24) is 10.6 Å². The Morgan fingerprint density at radius 2 is 1.86 bits per heavy atom. The van der Waals surface area contributed by atoms with Crippen molar-refractivity contribution in [2.75, 3.05) is 20.4 Å². The first-order valence-electron chi connectivity index (χ1n) is 6.99. The van der Waals surface area contributed by atoms with Crippen LogP contribution in [-0.2, 0) is 6.54 Å². The molecule has 0 spiro atoms. The fourth-order valence-corrected chi connectivity index (χ4v) is 2.47. The Hall–Kier alpha value is -1.98. The number of ether oxygens (including phenoxy) is 1. The molecule has 0 aliphatic rings. The zero-order chi connectivity index (χ0) is 15.9. The van der Waals surface area contributed by atoms with Crippen LogP contribution in [0.1, 0.15) is 15.9 Å². The number of carbonyl (C=O) groups excluding carboxylic acids is 1. The fraction of sp³-hybridized carbons (Fsp3) is 0.235. The summed E-state index contributed by atoms with van der Waals surface area (Å²) in [6.45, 7) is 0.628. The minimum Gasteiger partial charge on any atom is -0.457 e. The first kappa shape index (κ1) is 16.4. The van der Waals surface area contributed by atoms with Crippen molar-refractivity contribution < 1.29 is 9.53 Å². The molecule has 4 nitrogen and oxygen atoms in total. The van der Waals surface area contributed by atoms with Gasteiger partial charge in [0.05, 0.1) is 0 Å². The molecule has 2 aromatic carbocycles. The zero-order valence-corrected chi connectivity index (χ0v) is 13.8. The maximum atomic E-state index is 11.7. The second-order valence-electron chi connectivity index (χ2n) is 4.71. The lowest BCUT2D eigenvalue weighted by molar-refractivity contribution is 0.0963. The first-order valence-corrected chi connectivity index (χ1v) is 8.22. The van der Waals surface area contributed by atoms with E-state index < -0.39 is 0 Å². The van der Waals surface area contributed by atoms with Crippen LogP contribution >= 0.6 is 11.8 Å². The van der Waals surface area contributed by atoms with Crippen LogP contribution in [0.15, 0.2) is 47.4 Å². The lowest BCUT2D eigenvalue weighted by atomic mass is 10.1. The molecule has 0 aliphatic carbocycles. The molecule has 1 amide bonds. The Morgan fingerprint density at radius 3 is 2.45 bits per heavy atom. The van der Waals surface area contributed by atoms with Crippen LogP contribution in [0, 0.1) is 0 Å². The van der Waals surface area contributed by atoms with E-state index in [-0.39, 0.29) is 5.91 Å². The highest BCUT2D eigenvalue weighted by Gasteiger charge is 2.10. The summed E-state index contributed by atoms with van der Waals surface area (Å²) in [4.78, 5) is 12.9. The fourth-order valence-electron chi connectivity index (χ4n) is 2.06. The van der Waals surface area contributed by atoms with Crippen molar-refractivity contribution in [1.29, 1.82) is 0 Å². The molecule has 0 bridgehead atoms. The van der Waals surface area contributed by atoms with Gasteiger partial charge in [-0.15, -0.1) is 11.8 Å². The minimum absolute atomic E-state index is 0.103. The summed E-state index contributed by atoms with van der Waals surface area (Å²) < 4.78 is 5.95. The molecule has 0 saturated heterocycles. The molecule has 0 unspecified atom stereocenters. The van der Waals surface area contributed by atoms with Gasteiger partial charge in [0.25, 0.3) is 5.91 Å². The van der Waals surface area contributed by atoms with Crippen LogP contribution in [-0.4, -0.2) is 26.3 Å². The smallest absolute Gasteiger partial charge is 0.251 e. The summed E-state index contributed by atoms with van der Waals surface area (Å²) >= 11 is 1.69. The molecule has 0 aromatic heterocycles. The molecule has 5 heteroatoms. The maximum absolute atomic E-state index is 11.7. The molecule has 22 heavy (non-hydrogen) atoms. The average molecular weight is 316 g/mol. The van der Waals surface area contributed by atoms with Crippen molar-refractivity contribution in [3.63, 3.8) is 0 Å². The Morgan fingerprint density at radius 1 is 1.14 bits per heavy atom. The summed E-state index contributed by atoms with van der Waals surface area (Å²) in [5.74, 6) is 1.43. The summed E-state index contributed by atoms with van der Waals surface area (Å²) in [5.41, 5.74) is 1.57. The Balaban J connectivity index is 2.26. The van der Waals surface area contributed by atoms with Gasteiger partial charge in [0.1, 0.15) is 11.5 Å². The van der Waals surface area contributed by atoms with E-state index in [4.69, 9.17) is 4.74 Å². The van der Waals surface area contributed by atoms with Crippen LogP contribution in [0.5, 0.6) is 11.5 Å². The van der Waals surface area contributed by atoms with Gasteiger partial charge in [-0.1, -0.05) is 0 Å². The molecule has 2 rings (SSSR count). The summed E-state index contributed by atoms with van der Waals surface area (Å²) in [5, 5.41) is 5.73. The van der Waals surface area contributed by atoms with Crippen molar-refractivity contribution in [2.24, 2.45) is 0 Å². The number of benzene rings is 2. The summed E-state index contributed by atoms with van der Waals surface area (Å²) in [6.07, 6.45) is 2.04. The predicted octanol–water partition coefficient (Wildman–Crippen LogP) is 3.28. The summed E-state index contributed by atoms with van der Waals surface area (Å²) in [6, 6.07) is 13.4. The third-order valence-corrected chi connectivity index (χ3v) is 3.95. The molecular formula is C17H20N2O2S. The second-order valence-corrected chi connectivity index (χ2v) is 5.59. The van der Waals surface area contributed by atoms with E-state index in [1.54, 1.807) is 24.9 Å². The van der Waals surface area contributed by atoms with E-state index in [0.29, 0.717) is 12.1 Å². The normalized spacial score (nSPS) is 10.3. The van der Waals surface area contributed by atoms with Crippen molar-refractivity contribution in [2.45, 2.75) is 11.4 Å². The Bertz CT molecular complexity index is 642. The van der Waals surface area contributed by atoms with Gasteiger partial charge in [-0.2, -0.15) is 0 Å². The quantitative estimate of drug-likeness (QED) is 0.803. The van der Waals surface area contributed by atoms with E-state index >= 15 is 0 Å². The van der Waals surface area contributed by atoms with E-state index in [2.05, 4.69) is 10.6 Å². The monoisotopic (exact) mass is 316 g/mol.